The number of hydrogen-bond donors (Lipinski definition) is 0. The van der Waals surface area contributed by atoms with E-state index in [1.807, 2.05) is 25.1 Å². The van der Waals surface area contributed by atoms with Crippen LogP contribution in [0.4, 0.5) is 5.69 Å². The topological polar surface area (TPSA) is 57.7 Å². The summed E-state index contributed by atoms with van der Waals surface area (Å²) in [4.78, 5) is 43.9. The third-order valence-corrected chi connectivity index (χ3v) is 9.20. The molecule has 4 aliphatic carbocycles. The molecule has 0 spiro atoms. The zero-order chi connectivity index (χ0) is 24.6. The van der Waals surface area contributed by atoms with Crippen molar-refractivity contribution in [2.24, 2.45) is 35.5 Å². The molecule has 1 aliphatic heterocycles. The van der Waals surface area contributed by atoms with E-state index in [9.17, 15) is 14.4 Å². The Labute approximate surface area is 222 Å². The monoisotopic (exact) mass is 572 g/mol. The van der Waals surface area contributed by atoms with Crippen LogP contribution in [0.2, 0.25) is 10.0 Å². The van der Waals surface area contributed by atoms with Crippen LogP contribution in [0, 0.1) is 35.5 Å². The summed E-state index contributed by atoms with van der Waals surface area (Å²) in [7, 11) is 0. The van der Waals surface area contributed by atoms with Gasteiger partial charge >= 0.3 is 0 Å². The number of halogens is 3. The number of anilines is 1. The third-order valence-electron chi connectivity index (χ3n) is 8.16. The Kier molecular flexibility index (Phi) is 5.62. The molecule has 2 saturated carbocycles. The largest absolute Gasteiger partial charge is 0.289 e. The van der Waals surface area contributed by atoms with E-state index in [1.165, 1.54) is 15.9 Å². The van der Waals surface area contributed by atoms with Gasteiger partial charge in [0, 0.05) is 15.2 Å². The molecule has 2 bridgehead atoms. The van der Waals surface area contributed by atoms with E-state index < -0.39 is 0 Å². The van der Waals surface area contributed by atoms with Gasteiger partial charge in [-0.3, -0.25) is 24.2 Å². The van der Waals surface area contributed by atoms with Gasteiger partial charge in [-0.25, -0.2) is 0 Å². The fourth-order valence-electron chi connectivity index (χ4n) is 6.46. The van der Waals surface area contributed by atoms with Crippen molar-refractivity contribution in [3.05, 3.63) is 74.2 Å². The van der Waals surface area contributed by atoms with Crippen LogP contribution in [0.25, 0.3) is 0 Å². The highest BCUT2D eigenvalue weighted by Gasteiger charge is 2.67. The van der Waals surface area contributed by atoms with Crippen molar-refractivity contribution in [3.63, 3.8) is 0 Å². The third kappa shape index (κ3) is 3.59. The molecule has 3 fully saturated rings. The predicted octanol–water partition coefficient (Wildman–Crippen LogP) is 5.98. The van der Waals surface area contributed by atoms with Crippen LogP contribution in [0.1, 0.15) is 29.3 Å². The first-order valence-electron chi connectivity index (χ1n) is 11.9. The van der Waals surface area contributed by atoms with Crippen LogP contribution >= 0.6 is 39.1 Å². The molecule has 180 valence electrons. The average Bonchev–Trinajstić information content (AvgIpc) is 3.62. The average molecular weight is 574 g/mol. The molecule has 0 radical (unpaired) electrons. The summed E-state index contributed by atoms with van der Waals surface area (Å²) in [6.07, 6.45) is 6.07. The summed E-state index contributed by atoms with van der Waals surface area (Å²) < 4.78 is 0.885. The molecule has 1 saturated heterocycles. The Morgan fingerprint density at radius 3 is 2.29 bits per heavy atom. The molecule has 5 nitrogen and oxygen atoms in total. The number of carbonyl (C=O) groups is 3. The molecule has 0 aromatic heterocycles. The lowest BCUT2D eigenvalue weighted by molar-refractivity contribution is -0.140. The molecular formula is C27H23BrCl2N2O3. The quantitative estimate of drug-likeness (QED) is 0.327. The summed E-state index contributed by atoms with van der Waals surface area (Å²) >= 11 is 16.0. The number of aryl methyl sites for hydroxylation is 1. The number of amides is 3. The Morgan fingerprint density at radius 2 is 1.69 bits per heavy atom. The lowest BCUT2D eigenvalue weighted by atomic mass is 9.63. The zero-order valence-electron chi connectivity index (χ0n) is 19.0. The standard InChI is InChI=1S/C27H23BrCl2N2O3/c1-2-13-9-14(28)3-8-22(13)31(25(33)18-5-4-15(29)10-21(18)30)12-32-26(34)23-16-6-7-17(20-11-19(16)20)24(23)27(32)35/h3-10,16-17,19-20,23-24H,2,11-12H2,1H3. The molecule has 5 aliphatic rings. The second-order valence-corrected chi connectivity index (χ2v) is 11.6. The van der Waals surface area contributed by atoms with Crippen molar-refractivity contribution in [2.45, 2.75) is 19.8 Å². The number of imide groups is 1. The normalized spacial score (nSPS) is 29.9. The summed E-state index contributed by atoms with van der Waals surface area (Å²) in [5.41, 5.74) is 1.82. The van der Waals surface area contributed by atoms with E-state index in [1.54, 1.807) is 12.1 Å². The van der Waals surface area contributed by atoms with Gasteiger partial charge in [0.25, 0.3) is 5.91 Å². The summed E-state index contributed by atoms with van der Waals surface area (Å²) in [6.45, 7) is 1.85. The molecule has 1 heterocycles. The van der Waals surface area contributed by atoms with Gasteiger partial charge in [-0.2, -0.15) is 0 Å². The lowest BCUT2D eigenvalue weighted by Crippen LogP contribution is -2.45. The number of nitrogens with zero attached hydrogens (tertiary/aromatic N) is 2. The summed E-state index contributed by atoms with van der Waals surface area (Å²) in [5.74, 6) is -0.0440. The molecule has 35 heavy (non-hydrogen) atoms. The van der Waals surface area contributed by atoms with Crippen molar-refractivity contribution in [3.8, 4) is 0 Å². The van der Waals surface area contributed by atoms with E-state index in [0.717, 1.165) is 16.5 Å². The number of hydrogen-bond acceptors (Lipinski definition) is 3. The SMILES string of the molecule is CCc1cc(Br)ccc1N(CN1C(=O)C2C3C=CC(C4CC34)C2C1=O)C(=O)c1ccc(Cl)cc1Cl. The van der Waals surface area contributed by atoms with Gasteiger partial charge in [0.05, 0.1) is 22.4 Å². The van der Waals surface area contributed by atoms with Gasteiger partial charge in [-0.15, -0.1) is 0 Å². The number of allylic oxidation sites excluding steroid dienone is 2. The van der Waals surface area contributed by atoms with Crippen molar-refractivity contribution >= 4 is 62.5 Å². The Hall–Kier alpha value is -2.15. The first-order chi connectivity index (χ1) is 16.8. The molecule has 0 N–H and O–H groups in total. The van der Waals surface area contributed by atoms with E-state index in [-0.39, 0.29) is 58.6 Å². The van der Waals surface area contributed by atoms with Gasteiger partial charge in [0.1, 0.15) is 6.67 Å². The van der Waals surface area contributed by atoms with Crippen LogP contribution < -0.4 is 4.90 Å². The van der Waals surface area contributed by atoms with Crippen LogP contribution in [0.5, 0.6) is 0 Å². The molecule has 2 aromatic carbocycles. The van der Waals surface area contributed by atoms with E-state index in [4.69, 9.17) is 23.2 Å². The first-order valence-corrected chi connectivity index (χ1v) is 13.4. The molecule has 2 aromatic rings. The van der Waals surface area contributed by atoms with Gasteiger partial charge in [0.15, 0.2) is 0 Å². The highest BCUT2D eigenvalue weighted by molar-refractivity contribution is 9.10. The Morgan fingerprint density at radius 1 is 1.03 bits per heavy atom. The molecule has 6 atom stereocenters. The van der Waals surface area contributed by atoms with E-state index >= 15 is 0 Å². The first kappa shape index (κ1) is 23.3. The molecular weight excluding hydrogens is 551 g/mol. The minimum absolute atomic E-state index is 0.130. The molecule has 8 heteroatoms. The lowest BCUT2D eigenvalue weighted by Gasteiger charge is -2.37. The van der Waals surface area contributed by atoms with Gasteiger partial charge < -0.3 is 0 Å². The maximum absolute atomic E-state index is 13.9. The molecule has 6 unspecified atom stereocenters. The Balaban J connectivity index is 1.39. The minimum atomic E-state index is -0.386. The fraction of sp³-hybridized carbons (Fsp3) is 0.370. The molecule has 7 rings (SSSR count). The summed E-state index contributed by atoms with van der Waals surface area (Å²) in [6, 6.07) is 10.3. The van der Waals surface area contributed by atoms with Crippen LogP contribution in [-0.4, -0.2) is 29.3 Å². The smallest absolute Gasteiger partial charge is 0.261 e. The van der Waals surface area contributed by atoms with Gasteiger partial charge in [-0.1, -0.05) is 58.2 Å². The minimum Gasteiger partial charge on any atom is -0.289 e. The van der Waals surface area contributed by atoms with Crippen LogP contribution in [0.15, 0.2) is 53.0 Å². The van der Waals surface area contributed by atoms with Crippen molar-refractivity contribution in [2.75, 3.05) is 11.6 Å². The second kappa shape index (κ2) is 8.46. The van der Waals surface area contributed by atoms with Crippen molar-refractivity contribution in [1.29, 1.82) is 0 Å². The van der Waals surface area contributed by atoms with Crippen LogP contribution in [0.3, 0.4) is 0 Å². The Bertz CT molecular complexity index is 1280. The second-order valence-electron chi connectivity index (χ2n) is 9.88. The van der Waals surface area contributed by atoms with Gasteiger partial charge in [0.2, 0.25) is 11.8 Å². The molecule has 3 amide bonds. The summed E-state index contributed by atoms with van der Waals surface area (Å²) in [5, 5.41) is 0.643. The fourth-order valence-corrected chi connectivity index (χ4v) is 7.36. The number of rotatable bonds is 5. The number of carbonyl (C=O) groups excluding carboxylic acids is 3. The highest BCUT2D eigenvalue weighted by Crippen LogP contribution is 2.65. The van der Waals surface area contributed by atoms with E-state index in [0.29, 0.717) is 29.0 Å². The van der Waals surface area contributed by atoms with Gasteiger partial charge in [-0.05, 0) is 78.5 Å². The van der Waals surface area contributed by atoms with E-state index in [2.05, 4.69) is 28.1 Å². The predicted molar refractivity (Wildman–Crippen MR) is 138 cm³/mol. The number of likely N-dealkylation sites (tertiary alicyclic amines) is 1. The van der Waals surface area contributed by atoms with Crippen LogP contribution in [-0.2, 0) is 16.0 Å². The maximum atomic E-state index is 13.9. The highest BCUT2D eigenvalue weighted by atomic mass is 79.9. The van der Waals surface area contributed by atoms with Crippen molar-refractivity contribution in [1.82, 2.24) is 4.90 Å². The maximum Gasteiger partial charge on any atom is 0.261 e. The van der Waals surface area contributed by atoms with Crippen molar-refractivity contribution < 1.29 is 14.4 Å². The number of benzene rings is 2. The zero-order valence-corrected chi connectivity index (χ0v) is 22.1.